The van der Waals surface area contributed by atoms with Gasteiger partial charge in [-0.25, -0.2) is 17.2 Å². The van der Waals surface area contributed by atoms with Crippen molar-refractivity contribution in [1.29, 1.82) is 5.26 Å². The molecule has 1 aliphatic carbocycles. The smallest absolute Gasteiger partial charge is 0.342 e. The first-order valence-electron chi connectivity index (χ1n) is 14.5. The van der Waals surface area contributed by atoms with Crippen LogP contribution in [0.15, 0.2) is 53.4 Å². The number of alkyl halides is 7. The Morgan fingerprint density at radius 3 is 1.85 bits per heavy atom. The van der Waals surface area contributed by atoms with Crippen LogP contribution >= 0.6 is 0 Å². The van der Waals surface area contributed by atoms with Crippen LogP contribution in [0.3, 0.4) is 0 Å². The van der Waals surface area contributed by atoms with Crippen LogP contribution in [-0.4, -0.2) is 50.5 Å². The molecule has 6 nitrogen and oxygen atoms in total. The summed E-state index contributed by atoms with van der Waals surface area (Å²) in [6, 6.07) is 7.65. The van der Waals surface area contributed by atoms with E-state index in [4.69, 9.17) is 5.26 Å². The van der Waals surface area contributed by atoms with Gasteiger partial charge in [-0.3, -0.25) is 9.59 Å². The molecule has 1 aliphatic heterocycles. The van der Waals surface area contributed by atoms with E-state index in [1.807, 2.05) is 0 Å². The van der Waals surface area contributed by atoms with Crippen LogP contribution < -0.4 is 0 Å². The number of hydrogen-bond donors (Lipinski definition) is 0. The largest absolute Gasteiger partial charge is 0.435 e. The van der Waals surface area contributed by atoms with Gasteiger partial charge in [0.05, 0.1) is 11.0 Å². The number of benzene rings is 2. The van der Waals surface area contributed by atoms with Crippen molar-refractivity contribution in [3.05, 3.63) is 65.5 Å². The van der Waals surface area contributed by atoms with Gasteiger partial charge < -0.3 is 4.90 Å². The number of ketones is 1. The average molecular weight is 679 g/mol. The summed E-state index contributed by atoms with van der Waals surface area (Å²) in [5.74, 6) is -1.75. The summed E-state index contributed by atoms with van der Waals surface area (Å²) in [6.45, 7) is 0.638. The maximum Gasteiger partial charge on any atom is 0.435 e. The predicted molar refractivity (Wildman–Crippen MR) is 148 cm³/mol. The van der Waals surface area contributed by atoms with Crippen LogP contribution in [0, 0.1) is 29.0 Å². The van der Waals surface area contributed by atoms with Crippen molar-refractivity contribution in [2.75, 3.05) is 13.1 Å². The summed E-state index contributed by atoms with van der Waals surface area (Å²) in [6.07, 6.45) is -12.1. The molecule has 4 rings (SSSR count). The van der Waals surface area contributed by atoms with Gasteiger partial charge >= 0.3 is 18.0 Å². The van der Waals surface area contributed by atoms with E-state index >= 15 is 0 Å². The number of Topliss-reactive ketones (excluding diaryl/α,β-unsaturated/α-hetero) is 1. The Morgan fingerprint density at radius 2 is 1.37 bits per heavy atom. The van der Waals surface area contributed by atoms with Gasteiger partial charge in [0.25, 0.3) is 0 Å². The minimum atomic E-state index is -6.35. The molecule has 2 aliphatic rings. The third-order valence-electron chi connectivity index (χ3n) is 9.16. The Morgan fingerprint density at radius 1 is 0.848 bits per heavy atom. The number of likely N-dealkylation sites (tertiary alicyclic amines) is 1. The molecule has 46 heavy (non-hydrogen) atoms. The summed E-state index contributed by atoms with van der Waals surface area (Å²) < 4.78 is 135. The summed E-state index contributed by atoms with van der Waals surface area (Å²) in [7, 11) is -4.44. The SMILES string of the molecule is N#CCC(=O)N1CCC(C(=O)CC2CCC(c3ccc(C(F)(C(F)(F)F)C(F)(F)F)cc3)(S(=O)(=O)c3ccc(F)cc3)CC2)CC1. The van der Waals surface area contributed by atoms with E-state index in [2.05, 4.69) is 0 Å². The zero-order valence-corrected chi connectivity index (χ0v) is 25.1. The molecule has 0 aromatic heterocycles. The number of piperidine rings is 1. The lowest BCUT2D eigenvalue weighted by Crippen LogP contribution is -2.50. The van der Waals surface area contributed by atoms with Crippen molar-refractivity contribution in [3.63, 3.8) is 0 Å². The number of amides is 1. The third-order valence-corrected chi connectivity index (χ3v) is 11.7. The van der Waals surface area contributed by atoms with Crippen molar-refractivity contribution in [2.45, 2.75) is 79.0 Å². The summed E-state index contributed by atoms with van der Waals surface area (Å²) in [4.78, 5) is 26.3. The van der Waals surface area contributed by atoms with Crippen molar-refractivity contribution >= 4 is 21.5 Å². The molecule has 1 saturated heterocycles. The second-order valence-electron chi connectivity index (χ2n) is 11.8. The lowest BCUT2D eigenvalue weighted by atomic mass is 9.74. The van der Waals surface area contributed by atoms with Gasteiger partial charge in [-0.05, 0) is 74.3 Å². The molecular weight excluding hydrogens is 648 g/mol. The van der Waals surface area contributed by atoms with E-state index < -0.39 is 44.0 Å². The van der Waals surface area contributed by atoms with E-state index in [1.165, 1.54) is 4.90 Å². The van der Waals surface area contributed by atoms with Crippen molar-refractivity contribution in [1.82, 2.24) is 4.90 Å². The van der Waals surface area contributed by atoms with E-state index in [0.29, 0.717) is 25.9 Å². The minimum Gasteiger partial charge on any atom is -0.342 e. The number of carbonyl (C=O) groups is 2. The van der Waals surface area contributed by atoms with Gasteiger partial charge in [0.1, 0.15) is 22.8 Å². The van der Waals surface area contributed by atoms with Crippen LogP contribution in [0.2, 0.25) is 0 Å². The molecular formula is C31H30F8N2O4S. The molecule has 0 N–H and O–H groups in total. The standard InChI is InChI=1S/C31H30F8N2O4S/c32-24-5-7-25(8-6-24)46(44,45)28(22-1-3-23(4-2-22)29(33,30(34,35)36)31(37,38)39)14-9-20(10-15-28)19-26(42)21-12-17-41(18-13-21)27(43)11-16-40/h1-8,20-21H,9-15,17-19H2. The Hall–Kier alpha value is -3.54. The zero-order chi connectivity index (χ0) is 34.1. The number of rotatable bonds is 8. The first-order valence-corrected chi connectivity index (χ1v) is 16.0. The van der Waals surface area contributed by atoms with E-state index in [0.717, 1.165) is 36.4 Å². The highest BCUT2D eigenvalue weighted by molar-refractivity contribution is 7.92. The Balaban J connectivity index is 1.59. The highest BCUT2D eigenvalue weighted by Gasteiger charge is 2.73. The van der Waals surface area contributed by atoms with E-state index in [1.54, 1.807) is 6.07 Å². The van der Waals surface area contributed by atoms with Gasteiger partial charge in [0.15, 0.2) is 9.84 Å². The molecule has 15 heteroatoms. The molecule has 1 amide bonds. The molecule has 1 saturated carbocycles. The predicted octanol–water partition coefficient (Wildman–Crippen LogP) is 7.09. The summed E-state index contributed by atoms with van der Waals surface area (Å²) >= 11 is 0. The van der Waals surface area contributed by atoms with Crippen LogP contribution in [-0.2, 0) is 29.8 Å². The highest BCUT2D eigenvalue weighted by Crippen LogP contribution is 2.54. The van der Waals surface area contributed by atoms with Crippen LogP contribution in [0.5, 0.6) is 0 Å². The lowest BCUT2D eigenvalue weighted by molar-refractivity contribution is -0.348. The fourth-order valence-corrected chi connectivity index (χ4v) is 8.64. The molecule has 2 aromatic carbocycles. The monoisotopic (exact) mass is 678 g/mol. The lowest BCUT2D eigenvalue weighted by Gasteiger charge is -2.40. The summed E-state index contributed by atoms with van der Waals surface area (Å²) in [5, 5.41) is 8.73. The second-order valence-corrected chi connectivity index (χ2v) is 14.0. The third kappa shape index (κ3) is 6.50. The zero-order valence-electron chi connectivity index (χ0n) is 24.3. The molecule has 250 valence electrons. The summed E-state index contributed by atoms with van der Waals surface area (Å²) in [5.41, 5.74) is -7.62. The number of sulfone groups is 1. The number of hydrogen-bond acceptors (Lipinski definition) is 5. The van der Waals surface area contributed by atoms with E-state index in [-0.39, 0.29) is 84.6 Å². The van der Waals surface area contributed by atoms with Gasteiger partial charge in [-0.2, -0.15) is 31.6 Å². The van der Waals surface area contributed by atoms with Gasteiger partial charge in [0.2, 0.25) is 5.91 Å². The Labute approximate surface area is 260 Å². The molecule has 2 aromatic rings. The molecule has 0 bridgehead atoms. The molecule has 0 atom stereocenters. The normalized spacial score (nSPS) is 21.9. The van der Waals surface area contributed by atoms with Crippen LogP contribution in [0.4, 0.5) is 35.1 Å². The maximum atomic E-state index is 14.7. The fourth-order valence-electron chi connectivity index (χ4n) is 6.47. The van der Waals surface area contributed by atoms with Crippen molar-refractivity contribution in [3.8, 4) is 6.07 Å². The van der Waals surface area contributed by atoms with Crippen molar-refractivity contribution in [2.24, 2.45) is 11.8 Å². The molecule has 2 fully saturated rings. The van der Waals surface area contributed by atoms with Gasteiger partial charge in [-0.15, -0.1) is 0 Å². The maximum absolute atomic E-state index is 14.7. The van der Waals surface area contributed by atoms with Crippen LogP contribution in [0.25, 0.3) is 0 Å². The molecule has 1 heterocycles. The number of carbonyl (C=O) groups excluding carboxylic acids is 2. The van der Waals surface area contributed by atoms with Crippen LogP contribution in [0.1, 0.15) is 62.5 Å². The second kappa shape index (κ2) is 12.9. The number of nitriles is 1. The Bertz CT molecular complexity index is 1550. The molecule has 0 spiro atoms. The fraction of sp³-hybridized carbons (Fsp3) is 0.516. The first-order chi connectivity index (χ1) is 21.4. The van der Waals surface area contributed by atoms with Gasteiger partial charge in [0, 0.05) is 31.0 Å². The topological polar surface area (TPSA) is 95.3 Å². The Kier molecular flexibility index (Phi) is 9.92. The van der Waals surface area contributed by atoms with E-state index in [9.17, 15) is 53.1 Å². The quantitative estimate of drug-likeness (QED) is 0.220. The van der Waals surface area contributed by atoms with Crippen molar-refractivity contribution < 1.29 is 53.1 Å². The first kappa shape index (κ1) is 35.3. The number of halogens is 8. The highest BCUT2D eigenvalue weighted by atomic mass is 32.2. The van der Waals surface area contributed by atoms with Gasteiger partial charge in [-0.1, -0.05) is 24.3 Å². The average Bonchev–Trinajstić information content (AvgIpc) is 3.00. The molecule has 0 radical (unpaired) electrons. The molecule has 0 unspecified atom stereocenters. The minimum absolute atomic E-state index is 0.0748. The number of nitrogens with zero attached hydrogens (tertiary/aromatic N) is 2.